The molecule has 7 heteroatoms. The highest BCUT2D eigenvalue weighted by Crippen LogP contribution is 2.36. The molecule has 0 radical (unpaired) electrons. The summed E-state index contributed by atoms with van der Waals surface area (Å²) in [5.74, 6) is 0.881. The van der Waals surface area contributed by atoms with Gasteiger partial charge in [-0.25, -0.2) is 0 Å². The van der Waals surface area contributed by atoms with E-state index in [-0.39, 0.29) is 13.2 Å². The predicted octanol–water partition coefficient (Wildman–Crippen LogP) is 2.27. The Morgan fingerprint density at radius 1 is 1.25 bits per heavy atom. The van der Waals surface area contributed by atoms with Crippen LogP contribution < -0.4 is 4.74 Å². The largest absolute Gasteiger partial charge is 0.495 e. The van der Waals surface area contributed by atoms with Crippen LogP contribution >= 0.6 is 43.2 Å². The van der Waals surface area contributed by atoms with Gasteiger partial charge in [0.1, 0.15) is 9.54 Å². The van der Waals surface area contributed by atoms with Gasteiger partial charge in [0, 0.05) is 6.07 Å². The van der Waals surface area contributed by atoms with Gasteiger partial charge in [-0.15, -0.1) is 11.3 Å². The molecule has 0 aliphatic rings. The van der Waals surface area contributed by atoms with Crippen LogP contribution in [0.5, 0.6) is 5.75 Å². The molecule has 1 heterocycles. The van der Waals surface area contributed by atoms with Crippen LogP contribution in [0.25, 0.3) is 0 Å². The third kappa shape index (κ3) is 7.59. The second-order valence-electron chi connectivity index (χ2n) is 2.45. The number of halogens is 2. The van der Waals surface area contributed by atoms with Crippen molar-refractivity contribution in [3.05, 3.63) is 13.6 Å². The summed E-state index contributed by atoms with van der Waals surface area (Å²) in [7, 11) is 1.65. The topological polar surface area (TPSA) is 58.9 Å². The zero-order chi connectivity index (χ0) is 12.4. The second kappa shape index (κ2) is 10.5. The minimum atomic E-state index is 0.0278. The monoisotopic (exact) mass is 376 g/mol. The number of methoxy groups -OCH3 is 1. The fourth-order valence-electron chi connectivity index (χ4n) is 0.695. The molecule has 0 bridgehead atoms. The van der Waals surface area contributed by atoms with Gasteiger partial charge in [-0.1, -0.05) is 0 Å². The van der Waals surface area contributed by atoms with Crippen LogP contribution in [0, 0.1) is 0 Å². The van der Waals surface area contributed by atoms with E-state index in [1.165, 1.54) is 0 Å². The maximum atomic E-state index is 8.09. The number of rotatable bonds is 5. The molecule has 2 N–H and O–H groups in total. The summed E-state index contributed by atoms with van der Waals surface area (Å²) in [6.07, 6.45) is 0. The maximum Gasteiger partial charge on any atom is 0.145 e. The fraction of sp³-hybridized carbons (Fsp3) is 0.556. The number of hydrogen-bond acceptors (Lipinski definition) is 5. The van der Waals surface area contributed by atoms with E-state index in [1.54, 1.807) is 18.4 Å². The minimum absolute atomic E-state index is 0.0278. The van der Waals surface area contributed by atoms with Crippen molar-refractivity contribution in [1.82, 2.24) is 0 Å². The van der Waals surface area contributed by atoms with Gasteiger partial charge in [-0.3, -0.25) is 0 Å². The standard InChI is InChI=1S/C5H4Br2OS.C4H10O3/c1-8-3-2-4(6)9-5(3)7;5-1-3-7-4-2-6/h2H,1H3;5-6H,1-4H2. The summed E-state index contributed by atoms with van der Waals surface area (Å²) in [4.78, 5) is 0. The lowest BCUT2D eigenvalue weighted by atomic mass is 10.6. The summed E-state index contributed by atoms with van der Waals surface area (Å²) >= 11 is 8.28. The van der Waals surface area contributed by atoms with Gasteiger partial charge in [0.15, 0.2) is 0 Å². The van der Waals surface area contributed by atoms with Gasteiger partial charge in [0.25, 0.3) is 0 Å². The average molecular weight is 378 g/mol. The van der Waals surface area contributed by atoms with Gasteiger partial charge in [0.2, 0.25) is 0 Å². The Morgan fingerprint density at radius 3 is 2.06 bits per heavy atom. The first-order valence-electron chi connectivity index (χ1n) is 4.44. The van der Waals surface area contributed by atoms with Gasteiger partial charge in [-0.05, 0) is 31.9 Å². The Kier molecular flexibility index (Phi) is 10.7. The molecular formula is C9H14Br2O4S. The predicted molar refractivity (Wildman–Crippen MR) is 71.3 cm³/mol. The highest BCUT2D eigenvalue weighted by atomic mass is 79.9. The molecule has 0 aliphatic carbocycles. The molecule has 0 aromatic carbocycles. The number of aliphatic hydroxyl groups excluding tert-OH is 2. The van der Waals surface area contributed by atoms with E-state index in [9.17, 15) is 0 Å². The molecule has 0 fully saturated rings. The molecule has 1 aromatic heterocycles. The van der Waals surface area contributed by atoms with E-state index >= 15 is 0 Å². The van der Waals surface area contributed by atoms with E-state index < -0.39 is 0 Å². The number of thiophene rings is 1. The number of ether oxygens (including phenoxy) is 2. The lowest BCUT2D eigenvalue weighted by Gasteiger charge is -1.94. The van der Waals surface area contributed by atoms with Crippen molar-refractivity contribution in [2.24, 2.45) is 0 Å². The lowest BCUT2D eigenvalue weighted by Crippen LogP contribution is -2.03. The van der Waals surface area contributed by atoms with Crippen molar-refractivity contribution >= 4 is 43.2 Å². The zero-order valence-electron chi connectivity index (χ0n) is 8.78. The fourth-order valence-corrected chi connectivity index (χ4v) is 3.42. The zero-order valence-corrected chi connectivity index (χ0v) is 12.8. The van der Waals surface area contributed by atoms with Gasteiger partial charge >= 0.3 is 0 Å². The van der Waals surface area contributed by atoms with Crippen molar-refractivity contribution in [1.29, 1.82) is 0 Å². The Hall–Kier alpha value is 0.340. The number of aliphatic hydroxyl groups is 2. The van der Waals surface area contributed by atoms with E-state index in [0.29, 0.717) is 13.2 Å². The molecule has 0 saturated carbocycles. The lowest BCUT2D eigenvalue weighted by molar-refractivity contribution is 0.0650. The molecule has 0 unspecified atom stereocenters. The van der Waals surface area contributed by atoms with E-state index in [4.69, 9.17) is 14.9 Å². The third-order valence-electron chi connectivity index (χ3n) is 1.32. The molecule has 1 aromatic rings. The highest BCUT2D eigenvalue weighted by Gasteiger charge is 2.02. The van der Waals surface area contributed by atoms with Crippen molar-refractivity contribution in [2.75, 3.05) is 33.5 Å². The first-order chi connectivity index (χ1) is 7.65. The molecule has 0 atom stereocenters. The molecule has 0 amide bonds. The highest BCUT2D eigenvalue weighted by molar-refractivity contribution is 9.12. The first-order valence-corrected chi connectivity index (χ1v) is 6.84. The van der Waals surface area contributed by atoms with Gasteiger partial charge in [0.05, 0.1) is 37.3 Å². The quantitative estimate of drug-likeness (QED) is 0.773. The Morgan fingerprint density at radius 2 is 1.81 bits per heavy atom. The molecule has 94 valence electrons. The maximum absolute atomic E-state index is 8.09. The van der Waals surface area contributed by atoms with Crippen LogP contribution in [-0.4, -0.2) is 43.8 Å². The normalized spacial score (nSPS) is 9.56. The molecule has 0 aliphatic heterocycles. The first kappa shape index (κ1) is 16.3. The molecule has 0 spiro atoms. The molecule has 0 saturated heterocycles. The second-order valence-corrected chi connectivity index (χ2v) is 6.20. The van der Waals surface area contributed by atoms with E-state index in [2.05, 4.69) is 36.6 Å². The van der Waals surface area contributed by atoms with Crippen LogP contribution in [0.15, 0.2) is 13.6 Å². The number of hydrogen-bond donors (Lipinski definition) is 2. The summed E-state index contributed by atoms with van der Waals surface area (Å²) < 4.78 is 11.7. The van der Waals surface area contributed by atoms with Gasteiger partial charge in [-0.2, -0.15) is 0 Å². The van der Waals surface area contributed by atoms with Crippen LogP contribution in [0.2, 0.25) is 0 Å². The van der Waals surface area contributed by atoms with Crippen LogP contribution in [0.4, 0.5) is 0 Å². The SMILES string of the molecule is COc1cc(Br)sc1Br.OCCOCCO. The average Bonchev–Trinajstić information content (AvgIpc) is 2.59. The Bertz CT molecular complexity index is 276. The smallest absolute Gasteiger partial charge is 0.145 e. The van der Waals surface area contributed by atoms with Crippen molar-refractivity contribution in [3.8, 4) is 5.75 Å². The van der Waals surface area contributed by atoms with Gasteiger partial charge < -0.3 is 19.7 Å². The minimum Gasteiger partial charge on any atom is -0.495 e. The van der Waals surface area contributed by atoms with E-state index in [0.717, 1.165) is 13.3 Å². The summed E-state index contributed by atoms with van der Waals surface area (Å²) in [5, 5.41) is 16.2. The van der Waals surface area contributed by atoms with Crippen LogP contribution in [-0.2, 0) is 4.74 Å². The molecule has 1 rings (SSSR count). The molecule has 4 nitrogen and oxygen atoms in total. The van der Waals surface area contributed by atoms with Crippen molar-refractivity contribution in [3.63, 3.8) is 0 Å². The van der Waals surface area contributed by atoms with Crippen LogP contribution in [0.3, 0.4) is 0 Å². The molecular weight excluding hydrogens is 364 g/mol. The third-order valence-corrected chi connectivity index (χ3v) is 3.60. The van der Waals surface area contributed by atoms with Crippen molar-refractivity contribution in [2.45, 2.75) is 0 Å². The molecule has 16 heavy (non-hydrogen) atoms. The summed E-state index contributed by atoms with van der Waals surface area (Å²) in [5.41, 5.74) is 0. The van der Waals surface area contributed by atoms with Crippen molar-refractivity contribution < 1.29 is 19.7 Å². The Labute approximate surface area is 115 Å². The summed E-state index contributed by atoms with van der Waals surface area (Å²) in [6, 6.07) is 1.93. The Balaban J connectivity index is 0.000000293. The summed E-state index contributed by atoms with van der Waals surface area (Å²) in [6.45, 7) is 0.696. The van der Waals surface area contributed by atoms with E-state index in [1.807, 2.05) is 6.07 Å². The van der Waals surface area contributed by atoms with Crippen LogP contribution in [0.1, 0.15) is 0 Å².